The van der Waals surface area contributed by atoms with E-state index >= 15 is 0 Å². The number of anilines is 4. The van der Waals surface area contributed by atoms with Crippen molar-refractivity contribution >= 4 is 40.4 Å². The van der Waals surface area contributed by atoms with Crippen molar-refractivity contribution in [1.82, 2.24) is 9.97 Å². The summed E-state index contributed by atoms with van der Waals surface area (Å²) in [4.78, 5) is 23.0. The molecule has 36 heavy (non-hydrogen) atoms. The second-order valence-electron chi connectivity index (χ2n) is 8.37. The zero-order chi connectivity index (χ0) is 25.2. The first-order valence-corrected chi connectivity index (χ1v) is 11.8. The van der Waals surface area contributed by atoms with Gasteiger partial charge in [0.1, 0.15) is 17.3 Å². The Bertz CT molecular complexity index is 1440. The van der Waals surface area contributed by atoms with Gasteiger partial charge in [0.2, 0.25) is 5.95 Å². The molecule has 0 amide bonds. The Balaban J connectivity index is 1.55. The Morgan fingerprint density at radius 2 is 1.86 bits per heavy atom. The van der Waals surface area contributed by atoms with E-state index in [-0.39, 0.29) is 24.4 Å². The quantitative estimate of drug-likeness (QED) is 0.311. The molecule has 0 saturated heterocycles. The van der Waals surface area contributed by atoms with Gasteiger partial charge in [0.15, 0.2) is 5.78 Å². The highest BCUT2D eigenvalue weighted by atomic mass is 35.5. The maximum absolute atomic E-state index is 14.8. The summed E-state index contributed by atoms with van der Waals surface area (Å²) >= 11 is 6.30. The molecule has 1 aromatic heterocycles. The summed E-state index contributed by atoms with van der Waals surface area (Å²) in [6, 6.07) is 16.0. The zero-order valence-electron chi connectivity index (χ0n) is 19.1. The second kappa shape index (κ2) is 10.0. The van der Waals surface area contributed by atoms with Crippen LogP contribution in [0.4, 0.5) is 31.8 Å². The molecule has 0 atom stereocenters. The number of rotatable bonds is 6. The smallest absolute Gasteiger partial charge is 0.227 e. The van der Waals surface area contributed by atoms with Crippen LogP contribution in [-0.2, 0) is 6.42 Å². The second-order valence-corrected chi connectivity index (χ2v) is 8.80. The molecule has 9 heteroatoms. The van der Waals surface area contributed by atoms with Crippen LogP contribution in [0.5, 0.6) is 0 Å². The maximum atomic E-state index is 14.8. The highest BCUT2D eigenvalue weighted by Crippen LogP contribution is 2.42. The molecule has 1 aliphatic heterocycles. The van der Waals surface area contributed by atoms with Crippen molar-refractivity contribution in [1.29, 1.82) is 0 Å². The lowest BCUT2D eigenvalue weighted by molar-refractivity contribution is 0.0985. The van der Waals surface area contributed by atoms with Gasteiger partial charge < -0.3 is 16.0 Å². The van der Waals surface area contributed by atoms with Crippen molar-refractivity contribution in [2.24, 2.45) is 5.73 Å². The summed E-state index contributed by atoms with van der Waals surface area (Å²) in [7, 11) is 0. The molecular formula is C27H22ClF2N5O. The lowest BCUT2D eigenvalue weighted by atomic mass is 10.0. The number of carbonyl (C=O) groups excluding carboxylic acids is 1. The van der Waals surface area contributed by atoms with E-state index in [9.17, 15) is 13.6 Å². The van der Waals surface area contributed by atoms with E-state index in [1.54, 1.807) is 47.5 Å². The van der Waals surface area contributed by atoms with Gasteiger partial charge in [0, 0.05) is 41.0 Å². The Morgan fingerprint density at radius 3 is 2.64 bits per heavy atom. The van der Waals surface area contributed by atoms with E-state index < -0.39 is 11.6 Å². The van der Waals surface area contributed by atoms with Gasteiger partial charge in [-0.2, -0.15) is 0 Å². The SMILES string of the molecule is NCCC(=O)c1cccc(Nc2ncc3c(n2)-c2ccc(Cl)cc2N(c2c(F)cccc2F)CC3)c1. The number of aromatic nitrogens is 2. The Labute approximate surface area is 211 Å². The first kappa shape index (κ1) is 23.8. The molecule has 6 nitrogen and oxygen atoms in total. The third kappa shape index (κ3) is 4.65. The van der Waals surface area contributed by atoms with E-state index in [2.05, 4.69) is 10.3 Å². The number of nitrogens with one attached hydrogen (secondary N) is 1. The van der Waals surface area contributed by atoms with Crippen LogP contribution >= 0.6 is 11.6 Å². The Hall–Kier alpha value is -3.88. The van der Waals surface area contributed by atoms with Crippen molar-refractivity contribution in [3.63, 3.8) is 0 Å². The first-order chi connectivity index (χ1) is 17.4. The normalized spacial score (nSPS) is 12.5. The molecule has 0 aliphatic carbocycles. The molecule has 0 radical (unpaired) electrons. The van der Waals surface area contributed by atoms with Gasteiger partial charge in [-0.1, -0.05) is 29.8 Å². The number of carbonyl (C=O) groups is 1. The minimum atomic E-state index is -0.663. The van der Waals surface area contributed by atoms with Crippen LogP contribution in [0.25, 0.3) is 11.3 Å². The van der Waals surface area contributed by atoms with Gasteiger partial charge in [-0.05, 0) is 61.0 Å². The average Bonchev–Trinajstić information content (AvgIpc) is 3.01. The fraction of sp³-hybridized carbons (Fsp3) is 0.148. The molecule has 0 saturated carbocycles. The molecule has 182 valence electrons. The minimum absolute atomic E-state index is 0.0460. The number of Topliss-reactive ketones (excluding diaryl/α,β-unsaturated/α-hetero) is 1. The van der Waals surface area contributed by atoms with Crippen LogP contribution in [0.15, 0.2) is 66.9 Å². The number of hydrogen-bond acceptors (Lipinski definition) is 6. The summed E-state index contributed by atoms with van der Waals surface area (Å²) in [6.07, 6.45) is 2.42. The summed E-state index contributed by atoms with van der Waals surface area (Å²) in [5.74, 6) is -1.05. The maximum Gasteiger partial charge on any atom is 0.227 e. The summed E-state index contributed by atoms with van der Waals surface area (Å²) in [5, 5.41) is 3.59. The van der Waals surface area contributed by atoms with Gasteiger partial charge in [-0.15, -0.1) is 0 Å². The Kier molecular flexibility index (Phi) is 6.63. The number of para-hydroxylation sites is 1. The van der Waals surface area contributed by atoms with E-state index in [0.29, 0.717) is 52.1 Å². The molecular weight excluding hydrogens is 484 g/mol. The van der Waals surface area contributed by atoms with Crippen molar-refractivity contribution in [2.75, 3.05) is 23.3 Å². The number of hydrogen-bond donors (Lipinski definition) is 2. The van der Waals surface area contributed by atoms with Gasteiger partial charge in [0.05, 0.1) is 11.4 Å². The van der Waals surface area contributed by atoms with Crippen molar-refractivity contribution in [3.8, 4) is 11.3 Å². The monoisotopic (exact) mass is 505 g/mol. The fourth-order valence-electron chi connectivity index (χ4n) is 4.32. The zero-order valence-corrected chi connectivity index (χ0v) is 19.9. The molecule has 0 spiro atoms. The van der Waals surface area contributed by atoms with Crippen LogP contribution < -0.4 is 16.0 Å². The van der Waals surface area contributed by atoms with E-state index in [1.165, 1.54) is 18.2 Å². The van der Waals surface area contributed by atoms with E-state index in [4.69, 9.17) is 22.3 Å². The van der Waals surface area contributed by atoms with Crippen LogP contribution in [0.3, 0.4) is 0 Å². The van der Waals surface area contributed by atoms with Gasteiger partial charge in [-0.25, -0.2) is 18.7 Å². The lowest BCUT2D eigenvalue weighted by Gasteiger charge is -2.26. The molecule has 0 fully saturated rings. The minimum Gasteiger partial charge on any atom is -0.336 e. The average molecular weight is 506 g/mol. The number of benzene rings is 3. The highest BCUT2D eigenvalue weighted by Gasteiger charge is 2.26. The molecule has 2 heterocycles. The summed E-state index contributed by atoms with van der Waals surface area (Å²) in [6.45, 7) is 0.585. The van der Waals surface area contributed by atoms with Crippen LogP contribution in [-0.4, -0.2) is 28.8 Å². The predicted molar refractivity (Wildman–Crippen MR) is 137 cm³/mol. The van der Waals surface area contributed by atoms with E-state index in [0.717, 1.165) is 5.56 Å². The Morgan fingerprint density at radius 1 is 1.08 bits per heavy atom. The van der Waals surface area contributed by atoms with Crippen molar-refractivity contribution < 1.29 is 13.6 Å². The summed E-state index contributed by atoms with van der Waals surface area (Å²) in [5.41, 5.74) is 9.24. The molecule has 3 aromatic carbocycles. The van der Waals surface area contributed by atoms with Crippen molar-refractivity contribution in [3.05, 3.63) is 94.6 Å². The topological polar surface area (TPSA) is 84.1 Å². The van der Waals surface area contributed by atoms with E-state index in [1.807, 2.05) is 6.07 Å². The standard InChI is InChI=1S/C27H22ClF2N5O/c28-18-7-8-20-23(14-18)35(26-21(29)5-2-6-22(26)30)12-10-17-15-32-27(34-25(17)20)33-19-4-1-3-16(13-19)24(36)9-11-31/h1-8,13-15H,9-12,31H2,(H,32,33,34). The lowest BCUT2D eigenvalue weighted by Crippen LogP contribution is -2.21. The summed E-state index contributed by atoms with van der Waals surface area (Å²) < 4.78 is 29.5. The molecule has 0 unspecified atom stereocenters. The third-order valence-electron chi connectivity index (χ3n) is 5.99. The van der Waals surface area contributed by atoms with Crippen LogP contribution in [0.1, 0.15) is 22.3 Å². The van der Waals surface area contributed by atoms with Gasteiger partial charge in [-0.3, -0.25) is 4.79 Å². The number of ketones is 1. The number of nitrogens with zero attached hydrogens (tertiary/aromatic N) is 3. The van der Waals surface area contributed by atoms with Crippen LogP contribution in [0.2, 0.25) is 5.02 Å². The molecule has 3 N–H and O–H groups in total. The predicted octanol–water partition coefficient (Wildman–Crippen LogP) is 6.04. The van der Waals surface area contributed by atoms with Gasteiger partial charge >= 0.3 is 0 Å². The molecule has 5 rings (SSSR count). The van der Waals surface area contributed by atoms with Crippen LogP contribution in [0, 0.1) is 11.6 Å². The fourth-order valence-corrected chi connectivity index (χ4v) is 4.48. The molecule has 4 aromatic rings. The van der Waals surface area contributed by atoms with Crippen molar-refractivity contribution in [2.45, 2.75) is 12.8 Å². The third-order valence-corrected chi connectivity index (χ3v) is 6.23. The molecule has 0 bridgehead atoms. The van der Waals surface area contributed by atoms with Gasteiger partial charge in [0.25, 0.3) is 0 Å². The first-order valence-electron chi connectivity index (χ1n) is 11.4. The molecule has 1 aliphatic rings. The number of fused-ring (bicyclic) bond motifs is 3. The highest BCUT2D eigenvalue weighted by molar-refractivity contribution is 6.31. The number of halogens is 3. The largest absolute Gasteiger partial charge is 0.336 e. The number of nitrogens with two attached hydrogens (primary N) is 1.